The van der Waals surface area contributed by atoms with Crippen LogP contribution in [0.2, 0.25) is 0 Å². The van der Waals surface area contributed by atoms with Crippen molar-refractivity contribution >= 4 is 11.2 Å². The SMILES string of the molecule is Cn1c(C2(C)CCCCC2N)nc2cccnc21. The molecule has 0 amide bonds. The van der Waals surface area contributed by atoms with Crippen LogP contribution in [0.3, 0.4) is 0 Å². The molecule has 3 rings (SSSR count). The maximum absolute atomic E-state index is 6.36. The molecule has 1 fully saturated rings. The monoisotopic (exact) mass is 244 g/mol. The van der Waals surface area contributed by atoms with E-state index in [1.165, 1.54) is 12.8 Å². The average molecular weight is 244 g/mol. The Kier molecular flexibility index (Phi) is 2.63. The second-order valence-electron chi connectivity index (χ2n) is 5.61. The maximum atomic E-state index is 6.36. The molecule has 0 aromatic carbocycles. The summed E-state index contributed by atoms with van der Waals surface area (Å²) in [5, 5.41) is 0. The molecular formula is C14H20N4. The third kappa shape index (κ3) is 1.56. The number of nitrogens with two attached hydrogens (primary N) is 1. The van der Waals surface area contributed by atoms with Gasteiger partial charge in [0.1, 0.15) is 11.3 Å². The Bertz CT molecular complexity index is 574. The Morgan fingerprint density at radius 2 is 2.28 bits per heavy atom. The van der Waals surface area contributed by atoms with E-state index in [0.717, 1.165) is 29.8 Å². The summed E-state index contributed by atoms with van der Waals surface area (Å²) in [4.78, 5) is 9.19. The zero-order valence-electron chi connectivity index (χ0n) is 11.1. The third-order valence-corrected chi connectivity index (χ3v) is 4.42. The number of hydrogen-bond acceptors (Lipinski definition) is 3. The van der Waals surface area contributed by atoms with Gasteiger partial charge in [-0.2, -0.15) is 0 Å². The zero-order valence-corrected chi connectivity index (χ0v) is 11.1. The quantitative estimate of drug-likeness (QED) is 0.836. The number of hydrogen-bond donors (Lipinski definition) is 1. The highest BCUT2D eigenvalue weighted by molar-refractivity contribution is 5.71. The molecule has 2 aromatic heterocycles. The fraction of sp³-hybridized carbons (Fsp3) is 0.571. The van der Waals surface area contributed by atoms with E-state index in [9.17, 15) is 0 Å². The number of fused-ring (bicyclic) bond motifs is 1. The van der Waals surface area contributed by atoms with Crippen molar-refractivity contribution in [2.75, 3.05) is 0 Å². The summed E-state index contributed by atoms with van der Waals surface area (Å²) < 4.78 is 2.11. The number of nitrogens with zero attached hydrogens (tertiary/aromatic N) is 3. The van der Waals surface area contributed by atoms with E-state index < -0.39 is 0 Å². The summed E-state index contributed by atoms with van der Waals surface area (Å²) in [5.74, 6) is 1.09. The number of imidazole rings is 1. The van der Waals surface area contributed by atoms with Crippen LogP contribution in [-0.2, 0) is 12.5 Å². The van der Waals surface area contributed by atoms with E-state index >= 15 is 0 Å². The van der Waals surface area contributed by atoms with Crippen LogP contribution < -0.4 is 5.73 Å². The van der Waals surface area contributed by atoms with E-state index in [2.05, 4.69) is 16.5 Å². The van der Waals surface area contributed by atoms with Crippen LogP contribution in [0.15, 0.2) is 18.3 Å². The highest BCUT2D eigenvalue weighted by atomic mass is 15.1. The van der Waals surface area contributed by atoms with Gasteiger partial charge in [-0.05, 0) is 25.0 Å². The van der Waals surface area contributed by atoms with Crippen molar-refractivity contribution in [3.63, 3.8) is 0 Å². The molecule has 4 nitrogen and oxygen atoms in total. The Labute approximate surface area is 107 Å². The first-order valence-electron chi connectivity index (χ1n) is 6.66. The second kappa shape index (κ2) is 4.05. The van der Waals surface area contributed by atoms with Crippen LogP contribution in [0.4, 0.5) is 0 Å². The van der Waals surface area contributed by atoms with Crippen molar-refractivity contribution in [1.82, 2.24) is 14.5 Å². The average Bonchev–Trinajstić information content (AvgIpc) is 2.72. The van der Waals surface area contributed by atoms with Crippen LogP contribution in [0.5, 0.6) is 0 Å². The molecule has 0 radical (unpaired) electrons. The van der Waals surface area contributed by atoms with E-state index in [0.29, 0.717) is 0 Å². The molecule has 1 saturated carbocycles. The smallest absolute Gasteiger partial charge is 0.159 e. The van der Waals surface area contributed by atoms with E-state index in [-0.39, 0.29) is 11.5 Å². The lowest BCUT2D eigenvalue weighted by atomic mass is 9.71. The van der Waals surface area contributed by atoms with E-state index in [4.69, 9.17) is 10.7 Å². The molecular weight excluding hydrogens is 224 g/mol. The Balaban J connectivity index is 2.16. The first-order chi connectivity index (χ1) is 8.63. The summed E-state index contributed by atoms with van der Waals surface area (Å²) >= 11 is 0. The summed E-state index contributed by atoms with van der Waals surface area (Å²) in [6, 6.07) is 4.15. The molecule has 0 bridgehead atoms. The van der Waals surface area contributed by atoms with E-state index in [1.54, 1.807) is 0 Å². The largest absolute Gasteiger partial charge is 0.327 e. The summed E-state index contributed by atoms with van der Waals surface area (Å²) in [6.07, 6.45) is 6.50. The minimum atomic E-state index is -0.0201. The topological polar surface area (TPSA) is 56.7 Å². The first-order valence-corrected chi connectivity index (χ1v) is 6.66. The molecule has 2 unspecified atom stereocenters. The number of rotatable bonds is 1. The van der Waals surface area contributed by atoms with E-state index in [1.807, 2.05) is 25.4 Å². The molecule has 0 spiro atoms. The van der Waals surface area contributed by atoms with Gasteiger partial charge < -0.3 is 10.3 Å². The van der Waals surface area contributed by atoms with Gasteiger partial charge in [0, 0.05) is 24.7 Å². The molecule has 0 saturated heterocycles. The van der Waals surface area contributed by atoms with Gasteiger partial charge in [0.25, 0.3) is 0 Å². The molecule has 2 N–H and O–H groups in total. The number of aryl methyl sites for hydroxylation is 1. The predicted molar refractivity (Wildman–Crippen MR) is 72.3 cm³/mol. The second-order valence-corrected chi connectivity index (χ2v) is 5.61. The first kappa shape index (κ1) is 11.7. The van der Waals surface area contributed by atoms with Gasteiger partial charge in [-0.3, -0.25) is 0 Å². The molecule has 2 aromatic rings. The molecule has 0 aliphatic heterocycles. The van der Waals surface area contributed by atoms with Gasteiger partial charge >= 0.3 is 0 Å². The number of aromatic nitrogens is 3. The number of pyridine rings is 1. The third-order valence-electron chi connectivity index (χ3n) is 4.42. The molecule has 4 heteroatoms. The van der Waals surface area contributed by atoms with Crippen molar-refractivity contribution in [2.45, 2.75) is 44.1 Å². The molecule has 96 valence electrons. The van der Waals surface area contributed by atoms with Crippen LogP contribution >= 0.6 is 0 Å². The van der Waals surface area contributed by atoms with Crippen LogP contribution in [0.25, 0.3) is 11.2 Å². The normalized spacial score (nSPS) is 28.7. The Morgan fingerprint density at radius 3 is 3.00 bits per heavy atom. The van der Waals surface area contributed by atoms with Crippen molar-refractivity contribution in [1.29, 1.82) is 0 Å². The van der Waals surface area contributed by atoms with Gasteiger partial charge in [0.05, 0.1) is 0 Å². The lowest BCUT2D eigenvalue weighted by molar-refractivity contribution is 0.254. The fourth-order valence-electron chi connectivity index (χ4n) is 3.17. The maximum Gasteiger partial charge on any atom is 0.159 e. The Morgan fingerprint density at radius 1 is 1.44 bits per heavy atom. The van der Waals surface area contributed by atoms with Gasteiger partial charge in [-0.25, -0.2) is 9.97 Å². The van der Waals surface area contributed by atoms with Crippen LogP contribution in [0, 0.1) is 0 Å². The minimum Gasteiger partial charge on any atom is -0.327 e. The van der Waals surface area contributed by atoms with Gasteiger partial charge in [0.15, 0.2) is 5.65 Å². The van der Waals surface area contributed by atoms with Gasteiger partial charge in [-0.1, -0.05) is 19.8 Å². The molecule has 2 atom stereocenters. The standard InChI is InChI=1S/C14H20N4/c1-14(8-4-3-7-11(14)15)13-17-10-6-5-9-16-12(10)18(13)2/h5-6,9,11H,3-4,7-8,15H2,1-2H3. The molecule has 18 heavy (non-hydrogen) atoms. The van der Waals surface area contributed by atoms with Crippen molar-refractivity contribution < 1.29 is 0 Å². The summed E-state index contributed by atoms with van der Waals surface area (Å²) in [6.45, 7) is 2.25. The lowest BCUT2D eigenvalue weighted by Crippen LogP contribution is -2.47. The van der Waals surface area contributed by atoms with Crippen LogP contribution in [0.1, 0.15) is 38.4 Å². The molecule has 1 aliphatic carbocycles. The molecule has 2 heterocycles. The van der Waals surface area contributed by atoms with Crippen LogP contribution in [-0.4, -0.2) is 20.6 Å². The van der Waals surface area contributed by atoms with Gasteiger partial charge in [0.2, 0.25) is 0 Å². The zero-order chi connectivity index (χ0) is 12.8. The Hall–Kier alpha value is -1.42. The predicted octanol–water partition coefficient (Wildman–Crippen LogP) is 2.13. The minimum absolute atomic E-state index is 0.0201. The van der Waals surface area contributed by atoms with Crippen molar-refractivity contribution in [3.05, 3.63) is 24.2 Å². The van der Waals surface area contributed by atoms with Crippen molar-refractivity contribution in [2.24, 2.45) is 12.8 Å². The van der Waals surface area contributed by atoms with Crippen molar-refractivity contribution in [3.8, 4) is 0 Å². The summed E-state index contributed by atoms with van der Waals surface area (Å²) in [5.41, 5.74) is 8.26. The highest BCUT2D eigenvalue weighted by Gasteiger charge is 2.39. The van der Waals surface area contributed by atoms with Gasteiger partial charge in [-0.15, -0.1) is 0 Å². The summed E-state index contributed by atoms with van der Waals surface area (Å²) in [7, 11) is 2.05. The lowest BCUT2D eigenvalue weighted by Gasteiger charge is -2.38. The fourth-order valence-corrected chi connectivity index (χ4v) is 3.17. The molecule has 1 aliphatic rings. The highest BCUT2D eigenvalue weighted by Crippen LogP contribution is 2.38.